The second kappa shape index (κ2) is 20.9. The molecule has 0 aromatic heterocycles. The van der Waals surface area contributed by atoms with Crippen LogP contribution in [0.15, 0.2) is 0 Å². The maximum absolute atomic E-state index is 2.53. The van der Waals surface area contributed by atoms with Crippen LogP contribution in [0.25, 0.3) is 0 Å². The summed E-state index contributed by atoms with van der Waals surface area (Å²) in [7, 11) is 0. The van der Waals surface area contributed by atoms with Gasteiger partial charge >= 0.3 is 18.9 Å². The van der Waals surface area contributed by atoms with Crippen LogP contribution >= 0.6 is 0 Å². The minimum atomic E-state index is 0. The molecule has 0 aromatic carbocycles. The molecule has 0 aliphatic carbocycles. The van der Waals surface area contributed by atoms with Gasteiger partial charge in [0.05, 0.1) is 0 Å². The zero-order valence-corrected chi connectivity index (χ0v) is 14.2. The first-order valence-electron chi connectivity index (χ1n) is 8.73. The molecule has 0 spiro atoms. The van der Waals surface area contributed by atoms with Gasteiger partial charge in [-0.15, -0.1) is 0 Å². The van der Waals surface area contributed by atoms with Gasteiger partial charge in [-0.05, 0) is 0 Å². The molecule has 0 nitrogen and oxygen atoms in total. The summed E-state index contributed by atoms with van der Waals surface area (Å²) in [6.07, 6.45) is 23.9. The van der Waals surface area contributed by atoms with Gasteiger partial charge < -0.3 is 6.42 Å². The number of hydrogen-bond donors (Lipinski definition) is 0. The Balaban J connectivity index is 0. The third kappa shape index (κ3) is 21.1. The first kappa shape index (κ1) is 21.9. The molecule has 0 saturated carbocycles. The Bertz CT molecular complexity index is 118. The Morgan fingerprint density at radius 2 is 0.789 bits per heavy atom. The fourth-order valence-corrected chi connectivity index (χ4v) is 2.46. The second-order valence-electron chi connectivity index (χ2n) is 5.76. The van der Waals surface area contributed by atoms with Crippen LogP contribution in [0.4, 0.5) is 0 Å². The molecule has 0 unspecified atom stereocenters. The van der Waals surface area contributed by atoms with Crippen molar-refractivity contribution in [2.45, 2.75) is 110 Å². The Labute approximate surface area is 135 Å². The number of hydrogen-bond acceptors (Lipinski definition) is 0. The topological polar surface area (TPSA) is 0 Å². The van der Waals surface area contributed by atoms with Gasteiger partial charge in [-0.25, -0.2) is 0 Å². The molecule has 0 radical (unpaired) electrons. The minimum Gasteiger partial charge on any atom is -0.328 e. The predicted molar refractivity (Wildman–Crippen MR) is 84.9 cm³/mol. The molecule has 1 heteroatoms. The van der Waals surface area contributed by atoms with E-state index in [0.717, 1.165) is 0 Å². The summed E-state index contributed by atoms with van der Waals surface area (Å²) in [5.74, 6) is 0. The van der Waals surface area contributed by atoms with Gasteiger partial charge in [-0.2, -0.15) is 12.8 Å². The molecule has 0 atom stereocenters. The predicted octanol–water partition coefficient (Wildman–Crippen LogP) is 4.09. The smallest absolute Gasteiger partial charge is 0.328 e. The maximum atomic E-state index is 2.53. The molecule has 110 valence electrons. The van der Waals surface area contributed by atoms with Crippen molar-refractivity contribution in [3.05, 3.63) is 6.42 Å². The second-order valence-corrected chi connectivity index (χ2v) is 5.76. The van der Waals surface area contributed by atoms with E-state index >= 15 is 0 Å². The molecule has 0 N–H and O–H groups in total. The Morgan fingerprint density at radius 3 is 1.16 bits per heavy atom. The first-order valence-corrected chi connectivity index (χ1v) is 8.73. The van der Waals surface area contributed by atoms with Crippen LogP contribution in [0.1, 0.15) is 110 Å². The largest absolute Gasteiger partial charge is 1.00 e. The fraction of sp³-hybridized carbons (Fsp3) is 0.944. The van der Waals surface area contributed by atoms with Crippen molar-refractivity contribution < 1.29 is 18.9 Å². The molecule has 0 aliphatic rings. The quantitative estimate of drug-likeness (QED) is 0.236. The van der Waals surface area contributed by atoms with Gasteiger partial charge in [-0.1, -0.05) is 97.3 Å². The summed E-state index contributed by atoms with van der Waals surface area (Å²) in [6, 6.07) is 0. The van der Waals surface area contributed by atoms with Crippen molar-refractivity contribution in [2.24, 2.45) is 0 Å². The van der Waals surface area contributed by atoms with Crippen molar-refractivity contribution >= 4 is 0 Å². The van der Waals surface area contributed by atoms with Crippen LogP contribution in [0.5, 0.6) is 0 Å². The van der Waals surface area contributed by atoms with E-state index in [-0.39, 0.29) is 18.9 Å². The van der Waals surface area contributed by atoms with Gasteiger partial charge in [0, 0.05) is 0 Å². The van der Waals surface area contributed by atoms with Crippen molar-refractivity contribution in [1.29, 1.82) is 0 Å². The van der Waals surface area contributed by atoms with Gasteiger partial charge in [0.2, 0.25) is 0 Å². The first-order chi connectivity index (χ1) is 8.91. The minimum absolute atomic E-state index is 0. The van der Waals surface area contributed by atoms with E-state index < -0.39 is 0 Å². The molecule has 0 amide bonds. The Morgan fingerprint density at radius 1 is 0.474 bits per heavy atom. The molecule has 0 aromatic rings. The van der Waals surface area contributed by atoms with E-state index in [1.54, 1.807) is 0 Å². The standard InChI is InChI=1S/C18H37.Li/c1-3-5-7-9-11-13-15-17-18-16-14-12-10-8-6-4-2;/h17H,3-16,18H2,1-2H3;/q-1;+1. The zero-order valence-electron chi connectivity index (χ0n) is 14.2. The molecule has 0 heterocycles. The summed E-state index contributed by atoms with van der Waals surface area (Å²) in [6.45, 7) is 4.58. The number of rotatable bonds is 15. The van der Waals surface area contributed by atoms with Crippen LogP contribution in [0, 0.1) is 6.42 Å². The summed E-state index contributed by atoms with van der Waals surface area (Å²) < 4.78 is 0. The van der Waals surface area contributed by atoms with Crippen molar-refractivity contribution in [2.75, 3.05) is 0 Å². The molecular weight excluding hydrogens is 223 g/mol. The molecule has 0 fully saturated rings. The number of unbranched alkanes of at least 4 members (excludes halogenated alkanes) is 15. The van der Waals surface area contributed by atoms with Gasteiger partial charge in [0.15, 0.2) is 0 Å². The maximum Gasteiger partial charge on any atom is 1.00 e. The Kier molecular flexibility index (Phi) is 24.1. The third-order valence-corrected chi connectivity index (χ3v) is 3.77. The summed E-state index contributed by atoms with van der Waals surface area (Å²) in [4.78, 5) is 0. The van der Waals surface area contributed by atoms with E-state index in [1.807, 2.05) is 0 Å². The monoisotopic (exact) mass is 260 g/mol. The third-order valence-electron chi connectivity index (χ3n) is 3.77. The van der Waals surface area contributed by atoms with Crippen molar-refractivity contribution in [1.82, 2.24) is 0 Å². The molecule has 19 heavy (non-hydrogen) atoms. The average Bonchev–Trinajstić information content (AvgIpc) is 2.39. The van der Waals surface area contributed by atoms with Crippen LogP contribution < -0.4 is 18.9 Å². The Hall–Kier alpha value is 0.597. The summed E-state index contributed by atoms with van der Waals surface area (Å²) in [5, 5.41) is 0. The van der Waals surface area contributed by atoms with E-state index in [2.05, 4.69) is 20.3 Å². The van der Waals surface area contributed by atoms with Crippen LogP contribution in [0.3, 0.4) is 0 Å². The van der Waals surface area contributed by atoms with Crippen LogP contribution in [-0.4, -0.2) is 0 Å². The summed E-state index contributed by atoms with van der Waals surface area (Å²) >= 11 is 0. The molecule has 0 aliphatic heterocycles. The average molecular weight is 260 g/mol. The van der Waals surface area contributed by atoms with Gasteiger partial charge in [-0.3, -0.25) is 0 Å². The van der Waals surface area contributed by atoms with Crippen LogP contribution in [0.2, 0.25) is 0 Å². The van der Waals surface area contributed by atoms with E-state index in [4.69, 9.17) is 0 Å². The molecule has 0 bridgehead atoms. The van der Waals surface area contributed by atoms with E-state index in [0.29, 0.717) is 0 Å². The van der Waals surface area contributed by atoms with Crippen LogP contribution in [-0.2, 0) is 0 Å². The molecule has 0 saturated heterocycles. The zero-order chi connectivity index (χ0) is 13.3. The van der Waals surface area contributed by atoms with E-state index in [9.17, 15) is 0 Å². The molecular formula is C18H37Li. The van der Waals surface area contributed by atoms with Crippen molar-refractivity contribution in [3.8, 4) is 0 Å². The van der Waals surface area contributed by atoms with Crippen molar-refractivity contribution in [3.63, 3.8) is 0 Å². The SMILES string of the molecule is CCCCCCCC[CH-]CCCCCCCCC.[Li+]. The molecule has 0 rings (SSSR count). The normalized spacial score (nSPS) is 10.4. The fourth-order valence-electron chi connectivity index (χ4n) is 2.46. The van der Waals surface area contributed by atoms with Gasteiger partial charge in [0.1, 0.15) is 0 Å². The summed E-state index contributed by atoms with van der Waals surface area (Å²) in [5.41, 5.74) is 0. The van der Waals surface area contributed by atoms with E-state index in [1.165, 1.54) is 96.3 Å². The van der Waals surface area contributed by atoms with Gasteiger partial charge in [0.25, 0.3) is 0 Å².